The fourth-order valence-electron chi connectivity index (χ4n) is 5.70. The molecule has 0 N–H and O–H groups in total. The molecule has 0 aliphatic heterocycles. The van der Waals surface area contributed by atoms with Gasteiger partial charge in [0, 0.05) is 10.5 Å². The van der Waals surface area contributed by atoms with Crippen molar-refractivity contribution in [3.63, 3.8) is 0 Å². The molecule has 0 aromatic carbocycles. The van der Waals surface area contributed by atoms with Crippen LogP contribution in [-0.4, -0.2) is 31.3 Å². The minimum Gasteiger partial charge on any atom is -0.248 e. The van der Waals surface area contributed by atoms with E-state index in [9.17, 15) is 8.42 Å². The van der Waals surface area contributed by atoms with E-state index in [2.05, 4.69) is 34.6 Å². The molecule has 0 rings (SSSR count). The largest absolute Gasteiger partial charge is 0.409 e. The van der Waals surface area contributed by atoms with Crippen LogP contribution in [0, 0.1) is 0 Å². The maximum Gasteiger partial charge on any atom is 0.409 e. The highest BCUT2D eigenvalue weighted by Crippen LogP contribution is 2.61. The minimum absolute atomic E-state index is 0.126. The molecule has 0 spiro atoms. The zero-order valence-corrected chi connectivity index (χ0v) is 28.2. The van der Waals surface area contributed by atoms with Gasteiger partial charge in [-0.3, -0.25) is 0 Å². The summed E-state index contributed by atoms with van der Waals surface area (Å²) in [6, 6.07) is 0. The molecule has 0 aliphatic carbocycles. The molecule has 0 bridgehead atoms. The number of hydrogen-bond donors (Lipinski definition) is 0. The quantitative estimate of drug-likeness (QED) is 0.0826. The van der Waals surface area contributed by atoms with Crippen LogP contribution in [-0.2, 0) is 18.2 Å². The molecule has 0 aliphatic rings. The van der Waals surface area contributed by atoms with Crippen LogP contribution in [0.2, 0.25) is 0 Å². The van der Waals surface area contributed by atoms with Gasteiger partial charge in [-0.05, 0) is 25.5 Å². The molecule has 0 heterocycles. The first-order valence-corrected chi connectivity index (χ1v) is 19.9. The molecular formula is C32H68O4S2. The van der Waals surface area contributed by atoms with Crippen molar-refractivity contribution in [1.29, 1.82) is 0 Å². The Bertz CT molecular complexity index is 611. The molecule has 0 radical (unpaired) electrons. The lowest BCUT2D eigenvalue weighted by Gasteiger charge is -2.47. The Morgan fingerprint density at radius 3 is 1.11 bits per heavy atom. The zero-order valence-electron chi connectivity index (χ0n) is 26.6. The lowest BCUT2D eigenvalue weighted by molar-refractivity contribution is 0.293. The molecule has 38 heavy (non-hydrogen) atoms. The second-order valence-electron chi connectivity index (χ2n) is 11.5. The molecule has 0 saturated heterocycles. The lowest BCUT2D eigenvalue weighted by Crippen LogP contribution is -2.32. The van der Waals surface area contributed by atoms with E-state index in [0.29, 0.717) is 0 Å². The molecule has 0 amide bonds. The Morgan fingerprint density at radius 1 is 0.500 bits per heavy atom. The summed E-state index contributed by atoms with van der Waals surface area (Å²) in [5, 5.41) is 0.519. The van der Waals surface area contributed by atoms with Crippen LogP contribution in [0.15, 0.2) is 0 Å². The number of hydrogen-bond acceptors (Lipinski definition) is 4. The fourth-order valence-corrected chi connectivity index (χ4v) is 11.9. The summed E-state index contributed by atoms with van der Waals surface area (Å²) >= 11 is 0. The van der Waals surface area contributed by atoms with Crippen LogP contribution in [0.1, 0.15) is 183 Å². The van der Waals surface area contributed by atoms with E-state index in [1.807, 2.05) is 0 Å². The van der Waals surface area contributed by atoms with E-state index >= 15 is 0 Å². The van der Waals surface area contributed by atoms with Gasteiger partial charge >= 0.3 is 10.4 Å². The Morgan fingerprint density at radius 2 is 0.816 bits per heavy atom. The van der Waals surface area contributed by atoms with E-state index in [-0.39, 0.29) is 17.1 Å². The topological polar surface area (TPSA) is 52.6 Å². The molecule has 4 nitrogen and oxygen atoms in total. The summed E-state index contributed by atoms with van der Waals surface area (Å²) in [5.74, 6) is 0.775. The highest BCUT2D eigenvalue weighted by molar-refractivity contribution is 8.33. The monoisotopic (exact) mass is 580 g/mol. The maximum atomic E-state index is 12.7. The smallest absolute Gasteiger partial charge is 0.248 e. The normalized spacial score (nSPS) is 16.3. The van der Waals surface area contributed by atoms with Crippen molar-refractivity contribution in [2.45, 2.75) is 193 Å². The summed E-state index contributed by atoms with van der Waals surface area (Å²) < 4.78 is 36.5. The molecule has 3 atom stereocenters. The van der Waals surface area contributed by atoms with Crippen LogP contribution < -0.4 is 0 Å². The van der Waals surface area contributed by atoms with Crippen LogP contribution in [0.5, 0.6) is 0 Å². The Balaban J connectivity index is 4.62. The Labute approximate surface area is 242 Å². The summed E-state index contributed by atoms with van der Waals surface area (Å²) in [5.41, 5.74) is 0. The van der Waals surface area contributed by atoms with Gasteiger partial charge in [0.15, 0.2) is 0 Å². The fraction of sp³-hybridized carbons (Fsp3) is 1.00. The molecule has 0 fully saturated rings. The van der Waals surface area contributed by atoms with Gasteiger partial charge in [0.05, 0.1) is 6.61 Å². The molecule has 0 aromatic heterocycles. The van der Waals surface area contributed by atoms with Gasteiger partial charge < -0.3 is 0 Å². The van der Waals surface area contributed by atoms with Gasteiger partial charge in [-0.25, -0.2) is 4.18 Å². The second-order valence-corrected chi connectivity index (χ2v) is 16.9. The highest BCUT2D eigenvalue weighted by atomic mass is 32.3. The van der Waals surface area contributed by atoms with Crippen LogP contribution in [0.4, 0.5) is 0 Å². The molecule has 232 valence electrons. The van der Waals surface area contributed by atoms with Gasteiger partial charge in [-0.2, -0.15) is 12.0 Å². The molecule has 0 aromatic rings. The van der Waals surface area contributed by atoms with Crippen molar-refractivity contribution in [3.05, 3.63) is 0 Å². The third-order valence-corrected chi connectivity index (χ3v) is 14.5. The summed E-state index contributed by atoms with van der Waals surface area (Å²) in [7, 11) is -5.76. The van der Waals surface area contributed by atoms with E-state index in [1.165, 1.54) is 116 Å². The molecule has 0 saturated carbocycles. The average molecular weight is 581 g/mol. The van der Waals surface area contributed by atoms with Gasteiger partial charge in [0.25, 0.3) is 0 Å². The van der Waals surface area contributed by atoms with Gasteiger partial charge in [0.1, 0.15) is 0 Å². The summed E-state index contributed by atoms with van der Waals surface area (Å²) in [6.07, 6.45) is 28.5. The van der Waals surface area contributed by atoms with Gasteiger partial charge in [0.2, 0.25) is 0 Å². The van der Waals surface area contributed by atoms with E-state index in [0.717, 1.165) is 31.4 Å². The molecule has 6 heteroatoms. The Kier molecular flexibility index (Phi) is 25.1. The van der Waals surface area contributed by atoms with Crippen molar-refractivity contribution in [1.82, 2.24) is 0 Å². The van der Waals surface area contributed by atoms with Crippen molar-refractivity contribution in [3.8, 4) is 0 Å². The van der Waals surface area contributed by atoms with Crippen molar-refractivity contribution < 1.29 is 16.2 Å². The number of unbranched alkanes of at least 4 members (excludes halogenated alkanes) is 18. The molecular weight excluding hydrogens is 512 g/mol. The predicted molar refractivity (Wildman–Crippen MR) is 172 cm³/mol. The van der Waals surface area contributed by atoms with Crippen LogP contribution in [0.25, 0.3) is 0 Å². The minimum atomic E-state index is -3.96. The molecule has 3 unspecified atom stereocenters. The Hall–Kier alpha value is 0.220. The highest BCUT2D eigenvalue weighted by Gasteiger charge is 2.39. The summed E-state index contributed by atoms with van der Waals surface area (Å²) in [6.45, 7) is 13.0. The van der Waals surface area contributed by atoms with Gasteiger partial charge in [-0.15, -0.1) is 10.3 Å². The van der Waals surface area contributed by atoms with Gasteiger partial charge in [-0.1, -0.05) is 163 Å². The first-order valence-electron chi connectivity index (χ1n) is 16.7. The third kappa shape index (κ3) is 18.5. The first kappa shape index (κ1) is 38.2. The van der Waals surface area contributed by atoms with Crippen molar-refractivity contribution in [2.75, 3.05) is 12.4 Å². The third-order valence-electron chi connectivity index (χ3n) is 8.21. The van der Waals surface area contributed by atoms with E-state index < -0.39 is 20.7 Å². The summed E-state index contributed by atoms with van der Waals surface area (Å²) in [4.78, 5) is 0. The van der Waals surface area contributed by atoms with Crippen molar-refractivity contribution in [2.24, 2.45) is 0 Å². The first-order chi connectivity index (χ1) is 18.3. The predicted octanol–water partition coefficient (Wildman–Crippen LogP) is 11.4. The maximum absolute atomic E-state index is 12.7. The number of rotatable bonds is 29. The lowest BCUT2D eigenvalue weighted by atomic mass is 10.0. The van der Waals surface area contributed by atoms with E-state index in [4.69, 9.17) is 7.81 Å². The second kappa shape index (κ2) is 25.0. The average Bonchev–Trinajstić information content (AvgIpc) is 2.89. The van der Waals surface area contributed by atoms with Crippen LogP contribution >= 0.6 is 10.3 Å². The van der Waals surface area contributed by atoms with Crippen LogP contribution in [0.3, 0.4) is 0 Å². The SMILES string of the molecule is CCCCCCCCCCCCCCC(C)S(CC)(OS(=O)(=O)OCC)C(C)CCCCCCCCCC. The van der Waals surface area contributed by atoms with Crippen molar-refractivity contribution >= 4 is 20.7 Å². The zero-order chi connectivity index (χ0) is 28.5. The van der Waals surface area contributed by atoms with E-state index in [1.54, 1.807) is 6.92 Å². The standard InChI is InChI=1S/C32H68O4S2/c1-7-11-13-15-17-19-20-21-22-24-26-28-30-32(6)37(10-4,36-38(33,34)35-9-3)31(5)29-27-25-23-18-16-14-12-8-2/h31-32H,7-30H2,1-6H3.